The first-order chi connectivity index (χ1) is 12.8. The maximum Gasteiger partial charge on any atom is 0.261 e. The van der Waals surface area contributed by atoms with E-state index < -0.39 is 20.9 Å². The molecule has 2 amide bonds. The van der Waals surface area contributed by atoms with Gasteiger partial charge in [-0.05, 0) is 35.9 Å². The number of hydrogen-bond acceptors (Lipinski definition) is 4. The average molecular weight is 420 g/mol. The molecule has 136 valence electrons. The van der Waals surface area contributed by atoms with Gasteiger partial charge in [0.2, 0.25) is 0 Å². The second kappa shape index (κ2) is 6.34. The molecular weight excluding hydrogens is 409 g/mol. The van der Waals surface area contributed by atoms with Crippen molar-refractivity contribution in [3.8, 4) is 0 Å². The Morgan fingerprint density at radius 2 is 1.48 bits per heavy atom. The molecule has 0 spiro atoms. The van der Waals surface area contributed by atoms with Crippen molar-refractivity contribution in [2.75, 3.05) is 0 Å². The van der Waals surface area contributed by atoms with Gasteiger partial charge in [-0.1, -0.05) is 35.9 Å². The van der Waals surface area contributed by atoms with Crippen LogP contribution in [0.2, 0.25) is 5.02 Å². The van der Waals surface area contributed by atoms with Crippen molar-refractivity contribution in [2.24, 2.45) is 0 Å². The van der Waals surface area contributed by atoms with Gasteiger partial charge >= 0.3 is 0 Å². The number of hydrogen-bond donors (Lipinski definition) is 0. The van der Waals surface area contributed by atoms with Gasteiger partial charge in [-0.2, -0.15) is 0 Å². The van der Waals surface area contributed by atoms with Crippen LogP contribution in [0.15, 0.2) is 59.5 Å². The molecule has 8 heteroatoms. The van der Waals surface area contributed by atoms with Crippen molar-refractivity contribution in [1.29, 1.82) is 0 Å². The standard InChI is InChI=1S/C19H11Cl2NO4S/c20-16-9-8-15-17-13(16)2-1-3-14(17)18(23)22(19(15)24)10-11-4-6-12(7-5-11)27(21,25)26/h1-9H,10H2. The molecule has 0 aromatic heterocycles. The highest BCUT2D eigenvalue weighted by Gasteiger charge is 2.33. The molecule has 0 aliphatic carbocycles. The summed E-state index contributed by atoms with van der Waals surface area (Å²) in [5.41, 5.74) is 1.42. The van der Waals surface area contributed by atoms with E-state index in [-0.39, 0.29) is 11.4 Å². The number of nitrogens with zero attached hydrogens (tertiary/aromatic N) is 1. The minimum Gasteiger partial charge on any atom is -0.270 e. The fourth-order valence-electron chi connectivity index (χ4n) is 3.19. The van der Waals surface area contributed by atoms with Crippen molar-refractivity contribution in [1.82, 2.24) is 4.90 Å². The summed E-state index contributed by atoms with van der Waals surface area (Å²) in [5, 5.41) is 1.69. The van der Waals surface area contributed by atoms with Gasteiger partial charge in [0.25, 0.3) is 20.9 Å². The molecule has 0 unspecified atom stereocenters. The summed E-state index contributed by atoms with van der Waals surface area (Å²) in [4.78, 5) is 26.9. The molecule has 3 aromatic rings. The summed E-state index contributed by atoms with van der Waals surface area (Å²) in [6.07, 6.45) is 0. The molecule has 0 fully saturated rings. The summed E-state index contributed by atoms with van der Waals surface area (Å²) in [6.45, 7) is 0.0126. The summed E-state index contributed by atoms with van der Waals surface area (Å²) < 4.78 is 22.7. The van der Waals surface area contributed by atoms with Crippen LogP contribution in [0.25, 0.3) is 10.8 Å². The van der Waals surface area contributed by atoms with Crippen LogP contribution in [0.1, 0.15) is 26.3 Å². The second-order valence-electron chi connectivity index (χ2n) is 6.10. The van der Waals surface area contributed by atoms with Crippen molar-refractivity contribution >= 4 is 53.9 Å². The Labute approximate surface area is 164 Å². The van der Waals surface area contributed by atoms with E-state index in [1.165, 1.54) is 24.3 Å². The quantitative estimate of drug-likeness (QED) is 0.470. The Morgan fingerprint density at radius 3 is 2.11 bits per heavy atom. The molecule has 0 bridgehead atoms. The van der Waals surface area contributed by atoms with E-state index in [9.17, 15) is 18.0 Å². The lowest BCUT2D eigenvalue weighted by molar-refractivity contribution is 0.0598. The number of carbonyl (C=O) groups excluding carboxylic acids is 2. The topological polar surface area (TPSA) is 71.5 Å². The zero-order valence-electron chi connectivity index (χ0n) is 13.6. The van der Waals surface area contributed by atoms with E-state index in [4.69, 9.17) is 22.3 Å². The van der Waals surface area contributed by atoms with Gasteiger partial charge in [0.05, 0.1) is 11.4 Å². The predicted molar refractivity (Wildman–Crippen MR) is 103 cm³/mol. The molecule has 5 nitrogen and oxygen atoms in total. The van der Waals surface area contributed by atoms with Crippen molar-refractivity contribution in [3.05, 3.63) is 76.3 Å². The molecule has 3 aromatic carbocycles. The Bertz CT molecular complexity index is 1200. The van der Waals surface area contributed by atoms with Crippen LogP contribution in [-0.4, -0.2) is 25.1 Å². The third-order valence-corrected chi connectivity index (χ3v) is 6.18. The number of carbonyl (C=O) groups is 2. The average Bonchev–Trinajstić information content (AvgIpc) is 2.64. The number of rotatable bonds is 3. The van der Waals surface area contributed by atoms with Crippen LogP contribution in [0.4, 0.5) is 0 Å². The van der Waals surface area contributed by atoms with E-state index in [1.54, 1.807) is 30.3 Å². The van der Waals surface area contributed by atoms with E-state index in [0.29, 0.717) is 32.5 Å². The van der Waals surface area contributed by atoms with Gasteiger partial charge in [-0.15, -0.1) is 0 Å². The minimum atomic E-state index is -3.83. The number of amides is 2. The van der Waals surface area contributed by atoms with E-state index in [0.717, 1.165) is 4.90 Å². The highest BCUT2D eigenvalue weighted by molar-refractivity contribution is 8.13. The summed E-state index contributed by atoms with van der Waals surface area (Å²) in [6, 6.07) is 14.1. The van der Waals surface area contributed by atoms with Gasteiger partial charge in [-0.3, -0.25) is 14.5 Å². The zero-order chi connectivity index (χ0) is 19.3. The van der Waals surface area contributed by atoms with Crippen LogP contribution in [-0.2, 0) is 15.6 Å². The fraction of sp³-hybridized carbons (Fsp3) is 0.0526. The minimum absolute atomic E-state index is 0.0126. The maximum absolute atomic E-state index is 12.9. The molecule has 1 heterocycles. The first-order valence-corrected chi connectivity index (χ1v) is 10.6. The number of imide groups is 1. The van der Waals surface area contributed by atoms with Crippen LogP contribution in [0.5, 0.6) is 0 Å². The molecule has 0 radical (unpaired) electrons. The first-order valence-electron chi connectivity index (χ1n) is 7.88. The largest absolute Gasteiger partial charge is 0.270 e. The van der Waals surface area contributed by atoms with Crippen molar-refractivity contribution in [3.63, 3.8) is 0 Å². The molecular formula is C19H11Cl2NO4S. The molecule has 1 aliphatic rings. The van der Waals surface area contributed by atoms with Gasteiger partial charge in [0, 0.05) is 37.6 Å². The van der Waals surface area contributed by atoms with E-state index >= 15 is 0 Å². The lowest BCUT2D eigenvalue weighted by atomic mass is 9.94. The van der Waals surface area contributed by atoms with Crippen molar-refractivity contribution in [2.45, 2.75) is 11.4 Å². The van der Waals surface area contributed by atoms with Gasteiger partial charge < -0.3 is 0 Å². The number of halogens is 2. The Balaban J connectivity index is 1.75. The molecule has 0 saturated carbocycles. The van der Waals surface area contributed by atoms with E-state index in [2.05, 4.69) is 0 Å². The molecule has 4 rings (SSSR count). The van der Waals surface area contributed by atoms with Gasteiger partial charge in [0.1, 0.15) is 0 Å². The molecule has 0 atom stereocenters. The Morgan fingerprint density at radius 1 is 0.852 bits per heavy atom. The SMILES string of the molecule is O=C1c2cccc3c(Cl)ccc(c23)C(=O)N1Cc1ccc(S(=O)(=O)Cl)cc1. The maximum atomic E-state index is 12.9. The monoisotopic (exact) mass is 419 g/mol. The Hall–Kier alpha value is -2.41. The molecule has 1 aliphatic heterocycles. The third-order valence-electron chi connectivity index (χ3n) is 4.48. The fourth-order valence-corrected chi connectivity index (χ4v) is 4.18. The molecule has 27 heavy (non-hydrogen) atoms. The summed E-state index contributed by atoms with van der Waals surface area (Å²) in [7, 11) is 1.47. The smallest absolute Gasteiger partial charge is 0.261 e. The molecule has 0 N–H and O–H groups in total. The van der Waals surface area contributed by atoms with Gasteiger partial charge in [-0.25, -0.2) is 8.42 Å². The summed E-state index contributed by atoms with van der Waals surface area (Å²) >= 11 is 6.20. The van der Waals surface area contributed by atoms with Crippen molar-refractivity contribution < 1.29 is 18.0 Å². The lowest BCUT2D eigenvalue weighted by Crippen LogP contribution is -2.39. The van der Waals surface area contributed by atoms with Crippen LogP contribution >= 0.6 is 22.3 Å². The predicted octanol–water partition coefficient (Wildman–Crippen LogP) is 4.22. The number of benzene rings is 3. The zero-order valence-corrected chi connectivity index (χ0v) is 16.0. The Kier molecular flexibility index (Phi) is 4.22. The van der Waals surface area contributed by atoms with Crippen LogP contribution in [0, 0.1) is 0 Å². The molecule has 0 saturated heterocycles. The summed E-state index contributed by atoms with van der Waals surface area (Å²) in [5.74, 6) is -0.844. The van der Waals surface area contributed by atoms with Crippen LogP contribution < -0.4 is 0 Å². The van der Waals surface area contributed by atoms with Gasteiger partial charge in [0.15, 0.2) is 0 Å². The first kappa shape index (κ1) is 18.0. The van der Waals surface area contributed by atoms with Crippen LogP contribution in [0.3, 0.4) is 0 Å². The second-order valence-corrected chi connectivity index (χ2v) is 9.07. The lowest BCUT2D eigenvalue weighted by Gasteiger charge is -2.27. The third kappa shape index (κ3) is 3.00. The highest BCUT2D eigenvalue weighted by Crippen LogP contribution is 2.34. The van der Waals surface area contributed by atoms with E-state index in [1.807, 2.05) is 0 Å². The highest BCUT2D eigenvalue weighted by atomic mass is 35.7. The normalized spacial score (nSPS) is 14.1.